The summed E-state index contributed by atoms with van der Waals surface area (Å²) in [4.78, 5) is 8.18. The van der Waals surface area contributed by atoms with Crippen LogP contribution in [0.2, 0.25) is 0 Å². The third-order valence-corrected chi connectivity index (χ3v) is 2.05. The van der Waals surface area contributed by atoms with E-state index in [1.807, 2.05) is 11.6 Å². The SMILES string of the molecule is COc1ccnc(NCc2nncn2C)n1. The van der Waals surface area contributed by atoms with Gasteiger partial charge in [0, 0.05) is 19.3 Å². The molecule has 0 amide bonds. The van der Waals surface area contributed by atoms with Gasteiger partial charge in [0.05, 0.1) is 13.7 Å². The van der Waals surface area contributed by atoms with Crippen LogP contribution < -0.4 is 10.1 Å². The molecule has 2 rings (SSSR count). The van der Waals surface area contributed by atoms with Crippen molar-refractivity contribution in [2.24, 2.45) is 7.05 Å². The van der Waals surface area contributed by atoms with Crippen LogP contribution in [0.4, 0.5) is 5.95 Å². The molecule has 0 aliphatic heterocycles. The molecule has 0 fully saturated rings. The van der Waals surface area contributed by atoms with Crippen LogP contribution in [0.15, 0.2) is 18.6 Å². The molecule has 0 spiro atoms. The molecule has 0 bridgehead atoms. The van der Waals surface area contributed by atoms with Crippen molar-refractivity contribution in [3.05, 3.63) is 24.4 Å². The molecule has 0 aromatic carbocycles. The molecular formula is C9H12N6O. The summed E-state index contributed by atoms with van der Waals surface area (Å²) in [7, 11) is 3.44. The molecule has 2 aromatic heterocycles. The lowest BCUT2D eigenvalue weighted by Crippen LogP contribution is -2.08. The largest absolute Gasteiger partial charge is 0.481 e. The average Bonchev–Trinajstić information content (AvgIpc) is 2.72. The molecule has 0 atom stereocenters. The monoisotopic (exact) mass is 220 g/mol. The second-order valence-corrected chi connectivity index (χ2v) is 3.13. The Hall–Kier alpha value is -2.18. The molecule has 0 aliphatic rings. The highest BCUT2D eigenvalue weighted by atomic mass is 16.5. The van der Waals surface area contributed by atoms with E-state index < -0.39 is 0 Å². The normalized spacial score (nSPS) is 10.1. The summed E-state index contributed by atoms with van der Waals surface area (Å²) in [6.45, 7) is 0.518. The second-order valence-electron chi connectivity index (χ2n) is 3.13. The van der Waals surface area contributed by atoms with Crippen LogP contribution in [-0.4, -0.2) is 31.8 Å². The van der Waals surface area contributed by atoms with E-state index in [1.165, 1.54) is 0 Å². The van der Waals surface area contributed by atoms with Crippen LogP contribution in [0.3, 0.4) is 0 Å². The van der Waals surface area contributed by atoms with Gasteiger partial charge in [-0.2, -0.15) is 4.98 Å². The van der Waals surface area contributed by atoms with Crippen molar-refractivity contribution in [3.8, 4) is 5.88 Å². The summed E-state index contributed by atoms with van der Waals surface area (Å²) in [6.07, 6.45) is 3.27. The summed E-state index contributed by atoms with van der Waals surface area (Å²) in [6, 6.07) is 1.69. The number of aryl methyl sites for hydroxylation is 1. The number of ether oxygens (including phenoxy) is 1. The van der Waals surface area contributed by atoms with Crippen LogP contribution in [0.1, 0.15) is 5.82 Å². The molecule has 1 N–H and O–H groups in total. The lowest BCUT2D eigenvalue weighted by atomic mass is 10.5. The highest BCUT2D eigenvalue weighted by Gasteiger charge is 2.02. The van der Waals surface area contributed by atoms with E-state index >= 15 is 0 Å². The first kappa shape index (κ1) is 10.3. The quantitative estimate of drug-likeness (QED) is 0.794. The lowest BCUT2D eigenvalue weighted by molar-refractivity contribution is 0.397. The molecule has 0 unspecified atom stereocenters. The maximum atomic E-state index is 4.99. The number of hydrogen-bond donors (Lipinski definition) is 1. The van der Waals surface area contributed by atoms with Gasteiger partial charge in [-0.15, -0.1) is 10.2 Å². The molecule has 0 aliphatic carbocycles. The minimum absolute atomic E-state index is 0.502. The summed E-state index contributed by atoms with van der Waals surface area (Å²) in [5.74, 6) is 1.84. The predicted molar refractivity (Wildman–Crippen MR) is 56.9 cm³/mol. The Kier molecular flexibility index (Phi) is 2.95. The standard InChI is InChI=1S/C9H12N6O/c1-15-6-12-14-7(15)5-11-9-10-4-3-8(13-9)16-2/h3-4,6H,5H2,1-2H3,(H,10,11,13). The fourth-order valence-electron chi connectivity index (χ4n) is 1.17. The molecule has 16 heavy (non-hydrogen) atoms. The molecule has 0 saturated heterocycles. The van der Waals surface area contributed by atoms with Crippen molar-refractivity contribution >= 4 is 5.95 Å². The predicted octanol–water partition coefficient (Wildman–Crippen LogP) is 0.226. The molecule has 2 aromatic rings. The number of nitrogens with zero attached hydrogens (tertiary/aromatic N) is 5. The molecule has 7 nitrogen and oxygen atoms in total. The topological polar surface area (TPSA) is 77.8 Å². The van der Waals surface area contributed by atoms with Crippen LogP contribution in [0.25, 0.3) is 0 Å². The summed E-state index contributed by atoms with van der Waals surface area (Å²) in [5, 5.41) is 10.7. The smallest absolute Gasteiger partial charge is 0.226 e. The highest BCUT2D eigenvalue weighted by molar-refractivity contribution is 5.27. The van der Waals surface area contributed by atoms with Crippen LogP contribution in [0, 0.1) is 0 Å². The van der Waals surface area contributed by atoms with Crippen molar-refractivity contribution in [2.45, 2.75) is 6.54 Å². The van der Waals surface area contributed by atoms with Gasteiger partial charge in [0.1, 0.15) is 6.33 Å². The van der Waals surface area contributed by atoms with Gasteiger partial charge >= 0.3 is 0 Å². The van der Waals surface area contributed by atoms with Gasteiger partial charge in [0.2, 0.25) is 11.8 Å². The van der Waals surface area contributed by atoms with Crippen LogP contribution in [-0.2, 0) is 13.6 Å². The fraction of sp³-hybridized carbons (Fsp3) is 0.333. The van der Waals surface area contributed by atoms with Crippen molar-refractivity contribution in [3.63, 3.8) is 0 Å². The third-order valence-electron chi connectivity index (χ3n) is 2.05. The third kappa shape index (κ3) is 2.25. The lowest BCUT2D eigenvalue weighted by Gasteiger charge is -2.04. The zero-order valence-corrected chi connectivity index (χ0v) is 9.08. The summed E-state index contributed by atoms with van der Waals surface area (Å²) < 4.78 is 6.82. The Bertz CT molecular complexity index is 469. The first-order valence-corrected chi connectivity index (χ1v) is 4.73. The minimum atomic E-state index is 0.502. The van der Waals surface area contributed by atoms with Gasteiger partial charge in [0.25, 0.3) is 0 Å². The van der Waals surface area contributed by atoms with E-state index in [0.29, 0.717) is 18.4 Å². The van der Waals surface area contributed by atoms with Gasteiger partial charge in [-0.1, -0.05) is 0 Å². The zero-order valence-electron chi connectivity index (χ0n) is 9.08. The van der Waals surface area contributed by atoms with Crippen molar-refractivity contribution < 1.29 is 4.74 Å². The fourth-order valence-corrected chi connectivity index (χ4v) is 1.17. The number of nitrogens with one attached hydrogen (secondary N) is 1. The highest BCUT2D eigenvalue weighted by Crippen LogP contribution is 2.07. The number of anilines is 1. The van der Waals surface area contributed by atoms with E-state index in [-0.39, 0.29) is 0 Å². The number of aromatic nitrogens is 5. The Morgan fingerprint density at radius 2 is 2.38 bits per heavy atom. The van der Waals surface area contributed by atoms with Gasteiger partial charge in [0.15, 0.2) is 5.82 Å². The molecule has 84 valence electrons. The van der Waals surface area contributed by atoms with Crippen LogP contribution >= 0.6 is 0 Å². The van der Waals surface area contributed by atoms with Gasteiger partial charge < -0.3 is 14.6 Å². The van der Waals surface area contributed by atoms with Crippen molar-refractivity contribution in [2.75, 3.05) is 12.4 Å². The number of methoxy groups -OCH3 is 1. The van der Waals surface area contributed by atoms with Crippen LogP contribution in [0.5, 0.6) is 5.88 Å². The average molecular weight is 220 g/mol. The van der Waals surface area contributed by atoms with Gasteiger partial charge in [-0.3, -0.25) is 0 Å². The number of hydrogen-bond acceptors (Lipinski definition) is 6. The van der Waals surface area contributed by atoms with E-state index in [2.05, 4.69) is 25.5 Å². The second kappa shape index (κ2) is 4.56. The minimum Gasteiger partial charge on any atom is -0.481 e. The van der Waals surface area contributed by atoms with E-state index in [1.54, 1.807) is 25.7 Å². The molecular weight excluding hydrogens is 208 g/mol. The maximum absolute atomic E-state index is 4.99. The zero-order chi connectivity index (χ0) is 11.4. The summed E-state index contributed by atoms with van der Waals surface area (Å²) in [5.41, 5.74) is 0. The first-order valence-electron chi connectivity index (χ1n) is 4.73. The molecule has 2 heterocycles. The van der Waals surface area contributed by atoms with E-state index in [4.69, 9.17) is 4.74 Å². The van der Waals surface area contributed by atoms with Crippen molar-refractivity contribution in [1.29, 1.82) is 0 Å². The van der Waals surface area contributed by atoms with Crippen molar-refractivity contribution in [1.82, 2.24) is 24.7 Å². The Morgan fingerprint density at radius 1 is 1.50 bits per heavy atom. The van der Waals surface area contributed by atoms with E-state index in [9.17, 15) is 0 Å². The maximum Gasteiger partial charge on any atom is 0.226 e. The summed E-state index contributed by atoms with van der Waals surface area (Å²) >= 11 is 0. The number of rotatable bonds is 4. The Morgan fingerprint density at radius 3 is 3.06 bits per heavy atom. The van der Waals surface area contributed by atoms with Gasteiger partial charge in [-0.25, -0.2) is 4.98 Å². The van der Waals surface area contributed by atoms with Gasteiger partial charge in [-0.05, 0) is 0 Å². The van der Waals surface area contributed by atoms with E-state index in [0.717, 1.165) is 5.82 Å². The Labute approximate surface area is 92.5 Å². The molecule has 7 heteroatoms. The molecule has 0 saturated carbocycles. The first-order chi connectivity index (χ1) is 7.79. The molecule has 0 radical (unpaired) electrons. The Balaban J connectivity index is 2.02.